The molecule has 0 aromatic carbocycles. The van der Waals surface area contributed by atoms with E-state index in [0.717, 1.165) is 19.5 Å². The maximum absolute atomic E-state index is 12.0. The minimum atomic E-state index is 0.0586. The van der Waals surface area contributed by atoms with E-state index in [0.29, 0.717) is 11.8 Å². The summed E-state index contributed by atoms with van der Waals surface area (Å²) >= 11 is 0. The second-order valence-electron chi connectivity index (χ2n) is 4.17. The highest BCUT2D eigenvalue weighted by Crippen LogP contribution is 2.31. The quantitative estimate of drug-likeness (QED) is 0.558. The summed E-state index contributed by atoms with van der Waals surface area (Å²) in [5.74, 6) is 0.565. The second-order valence-corrected chi connectivity index (χ2v) is 4.17. The lowest BCUT2D eigenvalue weighted by Crippen LogP contribution is -2.41. The van der Waals surface area contributed by atoms with E-state index in [4.69, 9.17) is 0 Å². The number of nitrogens with one attached hydrogen (secondary N) is 1. The monoisotopic (exact) mass is 190 g/mol. The van der Waals surface area contributed by atoms with Crippen LogP contribution in [0.2, 0.25) is 0 Å². The van der Waals surface area contributed by atoms with Gasteiger partial charge in [-0.25, -0.2) is 0 Å². The first-order chi connectivity index (χ1) is 6.88. The second kappa shape index (κ2) is 2.95. The Balaban J connectivity index is 1.98. The number of carbonyl (C=O) groups excluding carboxylic acids is 1. The predicted octanol–water partition coefficient (Wildman–Crippen LogP) is 0.301. The largest absolute Gasteiger partial charge is 0.390 e. The van der Waals surface area contributed by atoms with Gasteiger partial charge in [0.05, 0.1) is 12.0 Å². The third-order valence-electron chi connectivity index (χ3n) is 3.43. The molecule has 1 fully saturated rings. The first kappa shape index (κ1) is 8.24. The highest BCUT2D eigenvalue weighted by Gasteiger charge is 2.46. The highest BCUT2D eigenvalue weighted by molar-refractivity contribution is 5.92. The molecular formula is C11H14N2O. The maximum Gasteiger partial charge on any atom is 0.160 e. The molecule has 0 radical (unpaired) electrons. The van der Waals surface area contributed by atoms with Crippen LogP contribution in [-0.4, -0.2) is 35.9 Å². The summed E-state index contributed by atoms with van der Waals surface area (Å²) in [5, 5.41) is 3.14. The molecule has 0 amide bonds. The van der Waals surface area contributed by atoms with E-state index >= 15 is 0 Å². The van der Waals surface area contributed by atoms with E-state index in [-0.39, 0.29) is 12.0 Å². The van der Waals surface area contributed by atoms with Gasteiger partial charge in [-0.15, -0.1) is 0 Å². The molecule has 3 rings (SSSR count). The standard InChI is InChI=1S/C11H14N2O/c14-11-8-7-12-5-4-9(8)13-6-2-1-3-10(11)13/h1,3-5,8-10,12H,2,6-7H2. The topological polar surface area (TPSA) is 32.3 Å². The van der Waals surface area contributed by atoms with Crippen molar-refractivity contribution in [1.82, 2.24) is 10.2 Å². The van der Waals surface area contributed by atoms with Crippen LogP contribution in [0, 0.1) is 5.92 Å². The van der Waals surface area contributed by atoms with Crippen molar-refractivity contribution in [2.45, 2.75) is 18.5 Å². The minimum Gasteiger partial charge on any atom is -0.390 e. The van der Waals surface area contributed by atoms with Crippen LogP contribution in [0.15, 0.2) is 24.4 Å². The fraction of sp³-hybridized carbons (Fsp3) is 0.545. The van der Waals surface area contributed by atoms with Crippen LogP contribution in [0.4, 0.5) is 0 Å². The van der Waals surface area contributed by atoms with Gasteiger partial charge < -0.3 is 5.32 Å². The molecular weight excluding hydrogens is 176 g/mol. The van der Waals surface area contributed by atoms with Crippen molar-refractivity contribution in [2.24, 2.45) is 5.92 Å². The first-order valence-corrected chi connectivity index (χ1v) is 5.24. The molecule has 3 unspecified atom stereocenters. The van der Waals surface area contributed by atoms with E-state index in [1.54, 1.807) is 0 Å². The number of rotatable bonds is 0. The fourth-order valence-corrected chi connectivity index (χ4v) is 2.74. The molecule has 74 valence electrons. The number of hydrogen-bond acceptors (Lipinski definition) is 3. The Morgan fingerprint density at radius 1 is 1.43 bits per heavy atom. The molecule has 3 aliphatic rings. The van der Waals surface area contributed by atoms with Crippen LogP contribution >= 0.6 is 0 Å². The molecule has 3 nitrogen and oxygen atoms in total. The molecule has 3 heteroatoms. The zero-order valence-electron chi connectivity index (χ0n) is 8.02. The Kier molecular flexibility index (Phi) is 1.74. The Morgan fingerprint density at radius 2 is 2.36 bits per heavy atom. The van der Waals surface area contributed by atoms with E-state index in [1.165, 1.54) is 0 Å². The molecule has 0 spiro atoms. The van der Waals surface area contributed by atoms with Gasteiger partial charge in [-0.1, -0.05) is 18.2 Å². The number of hydrogen-bond donors (Lipinski definition) is 1. The molecule has 0 aromatic heterocycles. The average molecular weight is 190 g/mol. The molecule has 0 aromatic rings. The Bertz CT molecular complexity index is 321. The van der Waals surface area contributed by atoms with Crippen molar-refractivity contribution in [3.05, 3.63) is 24.4 Å². The van der Waals surface area contributed by atoms with Gasteiger partial charge in [-0.3, -0.25) is 9.69 Å². The molecule has 0 bridgehead atoms. The van der Waals surface area contributed by atoms with Crippen LogP contribution in [-0.2, 0) is 4.79 Å². The molecule has 0 aliphatic carbocycles. The summed E-state index contributed by atoms with van der Waals surface area (Å²) in [6, 6.07) is 0.405. The molecule has 1 saturated heterocycles. The smallest absolute Gasteiger partial charge is 0.160 e. The number of nitrogens with zero attached hydrogens (tertiary/aromatic N) is 1. The summed E-state index contributed by atoms with van der Waals surface area (Å²) in [5.41, 5.74) is 0. The number of Topliss-reactive ketones (excluding diaryl/α,β-unsaturated/α-hetero) is 1. The van der Waals surface area contributed by atoms with Crippen molar-refractivity contribution < 1.29 is 4.79 Å². The van der Waals surface area contributed by atoms with Crippen LogP contribution in [0.3, 0.4) is 0 Å². The van der Waals surface area contributed by atoms with E-state index in [9.17, 15) is 4.79 Å². The van der Waals surface area contributed by atoms with Crippen molar-refractivity contribution in [3.63, 3.8) is 0 Å². The van der Waals surface area contributed by atoms with Gasteiger partial charge in [0.2, 0.25) is 0 Å². The predicted molar refractivity (Wildman–Crippen MR) is 53.7 cm³/mol. The normalized spacial score (nSPS) is 40.6. The lowest BCUT2D eigenvalue weighted by molar-refractivity contribution is -0.121. The average Bonchev–Trinajstić information content (AvgIpc) is 2.55. The van der Waals surface area contributed by atoms with Crippen LogP contribution in [0.5, 0.6) is 0 Å². The lowest BCUT2D eigenvalue weighted by Gasteiger charge is -2.30. The first-order valence-electron chi connectivity index (χ1n) is 5.24. The van der Waals surface area contributed by atoms with Gasteiger partial charge in [-0.2, -0.15) is 0 Å². The molecule has 0 saturated carbocycles. The van der Waals surface area contributed by atoms with Gasteiger partial charge in [0.25, 0.3) is 0 Å². The van der Waals surface area contributed by atoms with Gasteiger partial charge in [0.1, 0.15) is 0 Å². The van der Waals surface area contributed by atoms with Crippen molar-refractivity contribution in [3.8, 4) is 0 Å². The third-order valence-corrected chi connectivity index (χ3v) is 3.43. The molecule has 14 heavy (non-hydrogen) atoms. The highest BCUT2D eigenvalue weighted by atomic mass is 16.1. The number of fused-ring (bicyclic) bond motifs is 3. The zero-order valence-corrected chi connectivity index (χ0v) is 8.02. The van der Waals surface area contributed by atoms with E-state index < -0.39 is 0 Å². The molecule has 3 aliphatic heterocycles. The summed E-state index contributed by atoms with van der Waals surface area (Å²) in [7, 11) is 0. The zero-order chi connectivity index (χ0) is 9.54. The molecule has 3 heterocycles. The van der Waals surface area contributed by atoms with Gasteiger partial charge in [0, 0.05) is 19.1 Å². The van der Waals surface area contributed by atoms with Crippen LogP contribution < -0.4 is 5.32 Å². The molecule has 3 atom stereocenters. The van der Waals surface area contributed by atoms with Crippen molar-refractivity contribution >= 4 is 5.78 Å². The number of carbonyl (C=O) groups is 1. The Labute approximate surface area is 83.5 Å². The van der Waals surface area contributed by atoms with Crippen LogP contribution in [0.25, 0.3) is 0 Å². The minimum absolute atomic E-state index is 0.0586. The van der Waals surface area contributed by atoms with E-state index in [2.05, 4.69) is 28.4 Å². The molecule has 1 N–H and O–H groups in total. The van der Waals surface area contributed by atoms with Gasteiger partial charge >= 0.3 is 0 Å². The number of ketones is 1. The van der Waals surface area contributed by atoms with Crippen LogP contribution in [0.1, 0.15) is 6.42 Å². The fourth-order valence-electron chi connectivity index (χ4n) is 2.74. The Morgan fingerprint density at radius 3 is 3.29 bits per heavy atom. The van der Waals surface area contributed by atoms with Crippen molar-refractivity contribution in [2.75, 3.05) is 13.1 Å². The lowest BCUT2D eigenvalue weighted by atomic mass is 9.95. The SMILES string of the molecule is O=C1C2CNC=CC2N2CCC=CC12. The summed E-state index contributed by atoms with van der Waals surface area (Å²) in [6.45, 7) is 1.83. The summed E-state index contributed by atoms with van der Waals surface area (Å²) < 4.78 is 0. The van der Waals surface area contributed by atoms with Crippen molar-refractivity contribution in [1.29, 1.82) is 0 Å². The summed E-state index contributed by atoms with van der Waals surface area (Å²) in [4.78, 5) is 14.3. The van der Waals surface area contributed by atoms with Gasteiger partial charge in [0.15, 0.2) is 5.78 Å². The maximum atomic E-state index is 12.0. The van der Waals surface area contributed by atoms with Gasteiger partial charge in [-0.05, 0) is 12.6 Å². The Hall–Kier alpha value is -1.09. The third kappa shape index (κ3) is 0.989. The van der Waals surface area contributed by atoms with E-state index in [1.807, 2.05) is 6.20 Å². The summed E-state index contributed by atoms with van der Waals surface area (Å²) in [6.07, 6.45) is 9.39.